The van der Waals surface area contributed by atoms with Crippen LogP contribution < -0.4 is 15.6 Å². The number of nitrogens with one attached hydrogen (secondary N) is 1. The molecular weight excluding hydrogens is 430 g/mol. The Kier molecular flexibility index (Phi) is 5.71. The van der Waals surface area contributed by atoms with Crippen LogP contribution in [0.5, 0.6) is 5.75 Å². The van der Waals surface area contributed by atoms with E-state index in [0.717, 1.165) is 0 Å². The van der Waals surface area contributed by atoms with Crippen LogP contribution in [0, 0.1) is 0 Å². The van der Waals surface area contributed by atoms with Crippen LogP contribution in [0.25, 0.3) is 11.2 Å². The molecule has 31 heavy (non-hydrogen) atoms. The molecule has 4 N–H and O–H groups in total. The number of aliphatic hydroxyl groups is 1. The highest BCUT2D eigenvalue weighted by Crippen LogP contribution is 2.42. The Balaban J connectivity index is 1.52. The molecule has 0 saturated carbocycles. The number of fused-ring (bicyclic) bond motifs is 1. The molecule has 5 atom stereocenters. The predicted molar refractivity (Wildman–Crippen MR) is 109 cm³/mol. The lowest BCUT2D eigenvalue weighted by atomic mass is 9.99. The summed E-state index contributed by atoms with van der Waals surface area (Å²) in [5.74, 6) is 0.690. The maximum absolute atomic E-state index is 15.0. The Morgan fingerprint density at radius 3 is 2.84 bits per heavy atom. The van der Waals surface area contributed by atoms with E-state index in [1.165, 1.54) is 17.8 Å². The summed E-state index contributed by atoms with van der Waals surface area (Å²) < 4.78 is 44.7. The highest BCUT2D eigenvalue weighted by molar-refractivity contribution is 7.33. The SMILES string of the molecule is CNc1nc(N)nc2c1ncn2[C@@H]1O[C@](C)(CO[P+](=O)Oc2ccccc2)[C@@H](O)[C@H]1F. The van der Waals surface area contributed by atoms with Crippen molar-refractivity contribution in [2.24, 2.45) is 0 Å². The molecule has 1 aliphatic rings. The standard InChI is InChI=1S/C18H21FN6O5P/c1-18(8-28-31(27)30-10-6-4-3-5-7-10)13(26)11(19)16(29-18)25-9-22-12-14(21-2)23-17(20)24-15(12)25/h3-7,9,11,13,16,26H,8H2,1-2H3,(H3,20,21,23,24)/q+1/t11-,13+,16-,18-/m1/s1. The average molecular weight is 451 g/mol. The number of nitrogen functional groups attached to an aromatic ring is 1. The van der Waals surface area contributed by atoms with Crippen molar-refractivity contribution in [2.45, 2.75) is 31.0 Å². The van der Waals surface area contributed by atoms with Gasteiger partial charge in [0.25, 0.3) is 0 Å². The van der Waals surface area contributed by atoms with Crippen molar-refractivity contribution in [3.05, 3.63) is 36.7 Å². The fraction of sp³-hybridized carbons (Fsp3) is 0.389. The van der Waals surface area contributed by atoms with Crippen LogP contribution in [0.4, 0.5) is 16.2 Å². The number of imidazole rings is 1. The molecule has 1 fully saturated rings. The largest absolute Gasteiger partial charge is 0.750 e. The first kappa shape index (κ1) is 21.3. The molecule has 13 heteroatoms. The van der Waals surface area contributed by atoms with E-state index in [9.17, 15) is 9.67 Å². The van der Waals surface area contributed by atoms with Crippen molar-refractivity contribution in [3.63, 3.8) is 0 Å². The number of para-hydroxylation sites is 1. The first-order valence-electron chi connectivity index (χ1n) is 9.33. The van der Waals surface area contributed by atoms with Crippen molar-refractivity contribution in [3.8, 4) is 5.75 Å². The summed E-state index contributed by atoms with van der Waals surface area (Å²) in [6.07, 6.45) is -3.35. The molecule has 0 amide bonds. The predicted octanol–water partition coefficient (Wildman–Crippen LogP) is 2.19. The van der Waals surface area contributed by atoms with E-state index in [1.807, 2.05) is 0 Å². The van der Waals surface area contributed by atoms with Gasteiger partial charge in [0.1, 0.15) is 18.3 Å². The van der Waals surface area contributed by atoms with E-state index in [-0.39, 0.29) is 18.2 Å². The fourth-order valence-corrected chi connectivity index (χ4v) is 4.01. The number of aromatic nitrogens is 4. The molecule has 3 heterocycles. The van der Waals surface area contributed by atoms with Gasteiger partial charge in [0, 0.05) is 11.6 Å². The van der Waals surface area contributed by atoms with Crippen LogP contribution in [0.15, 0.2) is 36.7 Å². The van der Waals surface area contributed by atoms with Gasteiger partial charge in [0.05, 0.1) is 6.33 Å². The molecule has 0 bridgehead atoms. The highest BCUT2D eigenvalue weighted by atomic mass is 31.1. The number of alkyl halides is 1. The van der Waals surface area contributed by atoms with Gasteiger partial charge in [-0.3, -0.25) is 4.57 Å². The Morgan fingerprint density at radius 1 is 1.39 bits per heavy atom. The van der Waals surface area contributed by atoms with Crippen LogP contribution in [0.3, 0.4) is 0 Å². The third-order valence-electron chi connectivity index (χ3n) is 4.92. The maximum atomic E-state index is 15.0. The van der Waals surface area contributed by atoms with Gasteiger partial charge in [-0.1, -0.05) is 18.2 Å². The van der Waals surface area contributed by atoms with Crippen molar-refractivity contribution in [2.75, 3.05) is 24.7 Å². The molecule has 1 saturated heterocycles. The Bertz CT molecular complexity index is 1100. The number of halogens is 1. The van der Waals surface area contributed by atoms with E-state index in [0.29, 0.717) is 17.1 Å². The van der Waals surface area contributed by atoms with Crippen molar-refractivity contribution < 1.29 is 27.8 Å². The number of hydrogen-bond acceptors (Lipinski definition) is 10. The Morgan fingerprint density at radius 2 is 2.13 bits per heavy atom. The highest BCUT2D eigenvalue weighted by Gasteiger charge is 2.55. The minimum Gasteiger partial charge on any atom is -0.387 e. The molecule has 0 radical (unpaired) electrons. The Hall–Kier alpha value is -2.92. The van der Waals surface area contributed by atoms with Gasteiger partial charge >= 0.3 is 8.25 Å². The number of aliphatic hydroxyl groups excluding tert-OH is 1. The quantitative estimate of drug-likeness (QED) is 0.457. The number of nitrogens with zero attached hydrogens (tertiary/aromatic N) is 4. The first-order chi connectivity index (χ1) is 14.8. The van der Waals surface area contributed by atoms with E-state index in [4.69, 9.17) is 19.5 Å². The molecule has 3 aromatic rings. The molecule has 11 nitrogen and oxygen atoms in total. The van der Waals surface area contributed by atoms with Crippen LogP contribution in [0.2, 0.25) is 0 Å². The smallest absolute Gasteiger partial charge is 0.387 e. The van der Waals surface area contributed by atoms with Crippen LogP contribution in [0.1, 0.15) is 13.2 Å². The van der Waals surface area contributed by atoms with Crippen molar-refractivity contribution in [1.82, 2.24) is 19.5 Å². The molecule has 1 aliphatic heterocycles. The van der Waals surface area contributed by atoms with Crippen LogP contribution in [-0.2, 0) is 13.8 Å². The second kappa shape index (κ2) is 8.31. The summed E-state index contributed by atoms with van der Waals surface area (Å²) in [6.45, 7) is 1.08. The first-order valence-corrected chi connectivity index (χ1v) is 10.4. The number of rotatable bonds is 7. The molecule has 4 rings (SSSR count). The van der Waals surface area contributed by atoms with E-state index >= 15 is 4.39 Å². The summed E-state index contributed by atoms with van der Waals surface area (Å²) in [4.78, 5) is 12.3. The van der Waals surface area contributed by atoms with Crippen molar-refractivity contribution >= 4 is 31.2 Å². The lowest BCUT2D eigenvalue weighted by Gasteiger charge is -2.24. The Labute approximate surface area is 177 Å². The van der Waals surface area contributed by atoms with Crippen LogP contribution in [-0.4, -0.2) is 56.2 Å². The third kappa shape index (κ3) is 4.02. The van der Waals surface area contributed by atoms with Gasteiger partial charge in [0.15, 0.2) is 35.1 Å². The molecule has 0 aliphatic carbocycles. The van der Waals surface area contributed by atoms with Crippen LogP contribution >= 0.6 is 8.25 Å². The van der Waals surface area contributed by atoms with Gasteiger partial charge in [-0.05, 0) is 19.1 Å². The molecular formula is C18H21FN6O5P+. The molecule has 1 unspecified atom stereocenters. The number of nitrogens with two attached hydrogens (primary N) is 1. The van der Waals surface area contributed by atoms with Crippen molar-refractivity contribution in [1.29, 1.82) is 0 Å². The van der Waals surface area contributed by atoms with Gasteiger partial charge in [0.2, 0.25) is 5.95 Å². The summed E-state index contributed by atoms with van der Waals surface area (Å²) in [5.41, 5.74) is 4.83. The zero-order valence-electron chi connectivity index (χ0n) is 16.7. The molecule has 1 aromatic carbocycles. The minimum absolute atomic E-state index is 0.0336. The second-order valence-electron chi connectivity index (χ2n) is 7.12. The zero-order chi connectivity index (χ0) is 22.2. The number of anilines is 2. The maximum Gasteiger partial charge on any atom is 0.750 e. The average Bonchev–Trinajstić information content (AvgIpc) is 3.27. The minimum atomic E-state index is -2.56. The van der Waals surface area contributed by atoms with E-state index in [2.05, 4.69) is 20.3 Å². The lowest BCUT2D eigenvalue weighted by molar-refractivity contribution is -0.110. The number of ether oxygens (including phenoxy) is 1. The number of hydrogen-bond donors (Lipinski definition) is 3. The van der Waals surface area contributed by atoms with Gasteiger partial charge in [-0.15, -0.1) is 4.52 Å². The zero-order valence-corrected chi connectivity index (χ0v) is 17.6. The third-order valence-corrected chi connectivity index (χ3v) is 5.62. The summed E-state index contributed by atoms with van der Waals surface area (Å²) in [6, 6.07) is 8.44. The van der Waals surface area contributed by atoms with Gasteiger partial charge < -0.3 is 20.9 Å². The van der Waals surface area contributed by atoms with Gasteiger partial charge in [-0.25, -0.2) is 13.9 Å². The monoisotopic (exact) mass is 451 g/mol. The fourth-order valence-electron chi connectivity index (χ4n) is 3.30. The molecule has 2 aromatic heterocycles. The number of benzene rings is 1. The van der Waals surface area contributed by atoms with Gasteiger partial charge in [-0.2, -0.15) is 9.97 Å². The lowest BCUT2D eigenvalue weighted by Crippen LogP contribution is -2.42. The summed E-state index contributed by atoms with van der Waals surface area (Å²) in [5, 5.41) is 13.3. The van der Waals surface area contributed by atoms with E-state index < -0.39 is 32.4 Å². The second-order valence-corrected chi connectivity index (χ2v) is 8.00. The summed E-state index contributed by atoms with van der Waals surface area (Å²) >= 11 is 0. The normalized spacial score (nSPS) is 26.2. The topological polar surface area (TPSA) is 147 Å². The van der Waals surface area contributed by atoms with E-state index in [1.54, 1.807) is 37.4 Å². The molecule has 0 spiro atoms. The molecule has 164 valence electrons. The summed E-state index contributed by atoms with van der Waals surface area (Å²) in [7, 11) is -0.925.